The standard InChI is InChI=1S/C17H23N3O2.C6H7N/c18-16-3-1-2-13(15(16)11-21)10-20-8-6-12(7-9-20)17(22)19-14-4-5-14;1-6-4-2-3-5-7-6/h1-3,11-12,14H,4-10,18H2,(H,19,22);2-5H,1H3. The molecule has 3 N–H and O–H groups in total. The van der Waals surface area contributed by atoms with E-state index in [-0.39, 0.29) is 11.8 Å². The number of pyridine rings is 1. The van der Waals surface area contributed by atoms with Crippen molar-refractivity contribution in [2.45, 2.75) is 45.2 Å². The summed E-state index contributed by atoms with van der Waals surface area (Å²) in [7, 11) is 0. The van der Waals surface area contributed by atoms with Crippen LogP contribution in [0, 0.1) is 12.8 Å². The number of carbonyl (C=O) groups is 2. The van der Waals surface area contributed by atoms with Gasteiger partial charge in [-0.2, -0.15) is 0 Å². The molecule has 0 spiro atoms. The highest BCUT2D eigenvalue weighted by atomic mass is 16.2. The highest BCUT2D eigenvalue weighted by Crippen LogP contribution is 2.24. The van der Waals surface area contributed by atoms with E-state index in [0.717, 1.165) is 62.9 Å². The molecule has 4 rings (SSSR count). The number of aldehydes is 1. The van der Waals surface area contributed by atoms with E-state index < -0.39 is 0 Å². The van der Waals surface area contributed by atoms with Gasteiger partial charge in [0.1, 0.15) is 0 Å². The Hall–Kier alpha value is -2.73. The molecule has 0 bridgehead atoms. The summed E-state index contributed by atoms with van der Waals surface area (Å²) in [6.07, 6.45) is 6.66. The lowest BCUT2D eigenvalue weighted by atomic mass is 9.95. The molecule has 29 heavy (non-hydrogen) atoms. The number of benzene rings is 1. The summed E-state index contributed by atoms with van der Waals surface area (Å²) in [6, 6.07) is 11.9. The van der Waals surface area contributed by atoms with Crippen molar-refractivity contribution in [3.8, 4) is 0 Å². The van der Waals surface area contributed by atoms with E-state index in [1.807, 2.05) is 37.3 Å². The van der Waals surface area contributed by atoms with E-state index in [4.69, 9.17) is 5.73 Å². The Labute approximate surface area is 172 Å². The number of nitrogen functional groups attached to an aromatic ring is 1. The summed E-state index contributed by atoms with van der Waals surface area (Å²) in [5.41, 5.74) is 9.02. The third-order valence-corrected chi connectivity index (χ3v) is 5.44. The van der Waals surface area contributed by atoms with E-state index in [1.165, 1.54) is 0 Å². The molecular weight excluding hydrogens is 364 g/mol. The fraction of sp³-hybridized carbons (Fsp3) is 0.435. The number of nitrogens with two attached hydrogens (primary N) is 1. The lowest BCUT2D eigenvalue weighted by molar-refractivity contribution is -0.126. The molecule has 1 aliphatic heterocycles. The number of aromatic nitrogens is 1. The number of hydrogen-bond acceptors (Lipinski definition) is 5. The summed E-state index contributed by atoms with van der Waals surface area (Å²) >= 11 is 0. The normalized spacial score (nSPS) is 17.1. The van der Waals surface area contributed by atoms with Gasteiger partial charge < -0.3 is 11.1 Å². The minimum atomic E-state index is 0.142. The van der Waals surface area contributed by atoms with Crippen molar-refractivity contribution in [1.29, 1.82) is 0 Å². The van der Waals surface area contributed by atoms with Crippen molar-refractivity contribution in [2.75, 3.05) is 18.8 Å². The maximum absolute atomic E-state index is 12.1. The van der Waals surface area contributed by atoms with Crippen LogP contribution in [0.5, 0.6) is 0 Å². The Morgan fingerprint density at radius 1 is 1.17 bits per heavy atom. The third kappa shape index (κ3) is 6.39. The lowest BCUT2D eigenvalue weighted by Gasteiger charge is -2.31. The van der Waals surface area contributed by atoms with Crippen molar-refractivity contribution in [2.24, 2.45) is 5.92 Å². The molecule has 1 saturated heterocycles. The SMILES string of the molecule is Cc1ccccn1.Nc1cccc(CN2CCC(C(=O)NC3CC3)CC2)c1C=O. The predicted octanol–water partition coefficient (Wildman–Crippen LogP) is 2.96. The number of aryl methyl sites for hydroxylation is 1. The van der Waals surface area contributed by atoms with Crippen LogP contribution in [0.1, 0.15) is 47.3 Å². The van der Waals surface area contributed by atoms with Crippen LogP contribution in [0.3, 0.4) is 0 Å². The lowest BCUT2D eigenvalue weighted by Crippen LogP contribution is -2.40. The van der Waals surface area contributed by atoms with Crippen LogP contribution < -0.4 is 11.1 Å². The van der Waals surface area contributed by atoms with Crippen molar-refractivity contribution in [1.82, 2.24) is 15.2 Å². The second-order valence-electron chi connectivity index (χ2n) is 7.84. The Kier molecular flexibility index (Phi) is 7.36. The topological polar surface area (TPSA) is 88.3 Å². The van der Waals surface area contributed by atoms with E-state index in [9.17, 15) is 9.59 Å². The fourth-order valence-corrected chi connectivity index (χ4v) is 3.50. The molecule has 2 heterocycles. The molecule has 2 aliphatic rings. The molecule has 0 atom stereocenters. The number of piperidine rings is 1. The number of nitrogens with one attached hydrogen (secondary N) is 1. The summed E-state index contributed by atoms with van der Waals surface area (Å²) in [5.74, 6) is 0.364. The van der Waals surface area contributed by atoms with Crippen LogP contribution >= 0.6 is 0 Å². The van der Waals surface area contributed by atoms with Gasteiger partial charge in [-0.15, -0.1) is 0 Å². The van der Waals surface area contributed by atoms with Crippen LogP contribution in [-0.4, -0.2) is 41.2 Å². The summed E-state index contributed by atoms with van der Waals surface area (Å²) < 4.78 is 0. The van der Waals surface area contributed by atoms with Gasteiger partial charge in [-0.25, -0.2) is 0 Å². The van der Waals surface area contributed by atoms with Crippen molar-refractivity contribution >= 4 is 17.9 Å². The van der Waals surface area contributed by atoms with Gasteiger partial charge in [0, 0.05) is 41.6 Å². The van der Waals surface area contributed by atoms with E-state index in [2.05, 4.69) is 15.2 Å². The molecule has 0 unspecified atom stereocenters. The maximum Gasteiger partial charge on any atom is 0.223 e. The van der Waals surface area contributed by atoms with Crippen LogP contribution in [-0.2, 0) is 11.3 Å². The highest BCUT2D eigenvalue weighted by molar-refractivity contribution is 5.85. The van der Waals surface area contributed by atoms with Gasteiger partial charge in [0.2, 0.25) is 5.91 Å². The zero-order valence-electron chi connectivity index (χ0n) is 17.0. The molecular formula is C23H30N4O2. The summed E-state index contributed by atoms with van der Waals surface area (Å²) in [5, 5.41) is 3.09. The Bertz CT molecular complexity index is 813. The number of likely N-dealkylation sites (tertiary alicyclic amines) is 1. The van der Waals surface area contributed by atoms with Gasteiger partial charge in [0.25, 0.3) is 0 Å². The molecule has 1 saturated carbocycles. The van der Waals surface area contributed by atoms with Gasteiger partial charge in [-0.05, 0) is 69.5 Å². The second-order valence-corrected chi connectivity index (χ2v) is 7.84. The minimum absolute atomic E-state index is 0.142. The number of amides is 1. The quantitative estimate of drug-likeness (QED) is 0.601. The smallest absolute Gasteiger partial charge is 0.223 e. The molecule has 154 valence electrons. The van der Waals surface area contributed by atoms with Crippen LogP contribution in [0.15, 0.2) is 42.6 Å². The number of rotatable bonds is 5. The molecule has 1 aromatic heterocycles. The monoisotopic (exact) mass is 394 g/mol. The molecule has 0 radical (unpaired) electrons. The molecule has 2 fully saturated rings. The first-order valence-corrected chi connectivity index (χ1v) is 10.3. The Morgan fingerprint density at radius 3 is 2.48 bits per heavy atom. The average Bonchev–Trinajstić information content (AvgIpc) is 3.54. The first-order valence-electron chi connectivity index (χ1n) is 10.3. The van der Waals surface area contributed by atoms with Crippen LogP contribution in [0.4, 0.5) is 5.69 Å². The number of nitrogens with zero attached hydrogens (tertiary/aromatic N) is 2. The highest BCUT2D eigenvalue weighted by Gasteiger charge is 2.30. The zero-order chi connectivity index (χ0) is 20.6. The molecule has 1 aromatic carbocycles. The summed E-state index contributed by atoms with van der Waals surface area (Å²) in [4.78, 5) is 29.5. The molecule has 6 nitrogen and oxygen atoms in total. The Morgan fingerprint density at radius 2 is 1.93 bits per heavy atom. The van der Waals surface area contributed by atoms with Gasteiger partial charge >= 0.3 is 0 Å². The molecule has 1 amide bonds. The second kappa shape index (κ2) is 10.2. The van der Waals surface area contributed by atoms with E-state index >= 15 is 0 Å². The molecule has 6 heteroatoms. The maximum atomic E-state index is 12.1. The van der Waals surface area contributed by atoms with Gasteiger partial charge in [0.15, 0.2) is 6.29 Å². The van der Waals surface area contributed by atoms with Crippen LogP contribution in [0.25, 0.3) is 0 Å². The van der Waals surface area contributed by atoms with Gasteiger partial charge in [-0.3, -0.25) is 19.5 Å². The largest absolute Gasteiger partial charge is 0.398 e. The van der Waals surface area contributed by atoms with Crippen LogP contribution in [0.2, 0.25) is 0 Å². The van der Waals surface area contributed by atoms with Gasteiger partial charge in [-0.1, -0.05) is 18.2 Å². The fourth-order valence-electron chi connectivity index (χ4n) is 3.50. The first-order chi connectivity index (χ1) is 14.1. The number of anilines is 1. The number of carbonyl (C=O) groups excluding carboxylic acids is 2. The molecule has 1 aliphatic carbocycles. The van der Waals surface area contributed by atoms with E-state index in [0.29, 0.717) is 17.3 Å². The van der Waals surface area contributed by atoms with E-state index in [1.54, 1.807) is 12.3 Å². The number of hydrogen-bond donors (Lipinski definition) is 2. The zero-order valence-corrected chi connectivity index (χ0v) is 17.0. The average molecular weight is 395 g/mol. The summed E-state index contributed by atoms with van der Waals surface area (Å²) in [6.45, 7) is 4.46. The first kappa shape index (κ1) is 21.0. The minimum Gasteiger partial charge on any atom is -0.398 e. The third-order valence-electron chi connectivity index (χ3n) is 5.44. The predicted molar refractivity (Wildman–Crippen MR) is 114 cm³/mol. The molecule has 2 aromatic rings. The van der Waals surface area contributed by atoms with Crippen molar-refractivity contribution in [3.05, 3.63) is 59.4 Å². The van der Waals surface area contributed by atoms with Crippen molar-refractivity contribution < 1.29 is 9.59 Å². The Balaban J connectivity index is 0.000000290. The van der Waals surface area contributed by atoms with Gasteiger partial charge in [0.05, 0.1) is 0 Å². The van der Waals surface area contributed by atoms with Crippen molar-refractivity contribution in [3.63, 3.8) is 0 Å².